The molecule has 0 aromatic carbocycles. The number of aromatic nitrogens is 1. The number of hydrogen-bond acceptors (Lipinski definition) is 4. The van der Waals surface area contributed by atoms with Crippen molar-refractivity contribution in [2.45, 2.75) is 25.1 Å². The minimum atomic E-state index is -4.39. The second kappa shape index (κ2) is 4.80. The summed E-state index contributed by atoms with van der Waals surface area (Å²) in [4.78, 5) is 8.38. The molecule has 0 radical (unpaired) electrons. The summed E-state index contributed by atoms with van der Waals surface area (Å²) in [6.45, 7) is 3.40. The summed E-state index contributed by atoms with van der Waals surface area (Å²) < 4.78 is 38.5. The zero-order valence-corrected chi connectivity index (χ0v) is 11.0. The fourth-order valence-electron chi connectivity index (χ4n) is 3.06. The van der Waals surface area contributed by atoms with Gasteiger partial charge in [0.05, 0.1) is 5.56 Å². The van der Waals surface area contributed by atoms with E-state index in [-0.39, 0.29) is 5.82 Å². The van der Waals surface area contributed by atoms with Crippen LogP contribution >= 0.6 is 0 Å². The van der Waals surface area contributed by atoms with Crippen LogP contribution in [0.5, 0.6) is 0 Å². The molecule has 1 aromatic rings. The number of alkyl halides is 3. The van der Waals surface area contributed by atoms with Crippen molar-refractivity contribution in [3.63, 3.8) is 0 Å². The van der Waals surface area contributed by atoms with Gasteiger partial charge in [0, 0.05) is 25.7 Å². The highest BCUT2D eigenvalue weighted by atomic mass is 19.4. The third-order valence-corrected chi connectivity index (χ3v) is 4.07. The quantitative estimate of drug-likeness (QED) is 0.857. The van der Waals surface area contributed by atoms with Gasteiger partial charge in [0.25, 0.3) is 0 Å². The molecule has 1 atom stereocenters. The molecule has 0 amide bonds. The van der Waals surface area contributed by atoms with Crippen LogP contribution in [0.3, 0.4) is 0 Å². The monoisotopic (exact) mass is 286 g/mol. The van der Waals surface area contributed by atoms with E-state index in [0.29, 0.717) is 18.4 Å². The zero-order chi connectivity index (χ0) is 14.3. The van der Waals surface area contributed by atoms with E-state index < -0.39 is 11.7 Å². The Morgan fingerprint density at radius 2 is 2.00 bits per heavy atom. The SMILES string of the molecule is Nc1cc(C(F)(F)F)cc(N2CCN3CCCC3C2)n1. The van der Waals surface area contributed by atoms with E-state index in [0.717, 1.165) is 44.6 Å². The number of hydrogen-bond donors (Lipinski definition) is 1. The number of nitrogen functional groups attached to an aromatic ring is 1. The molecule has 0 saturated carbocycles. The second-order valence-electron chi connectivity index (χ2n) is 5.41. The van der Waals surface area contributed by atoms with Crippen molar-refractivity contribution in [3.05, 3.63) is 17.7 Å². The molecular formula is C13H17F3N4. The van der Waals surface area contributed by atoms with Gasteiger partial charge >= 0.3 is 6.18 Å². The lowest BCUT2D eigenvalue weighted by molar-refractivity contribution is -0.137. The van der Waals surface area contributed by atoms with Crippen LogP contribution in [0.2, 0.25) is 0 Å². The fourth-order valence-corrected chi connectivity index (χ4v) is 3.06. The summed E-state index contributed by atoms with van der Waals surface area (Å²) in [7, 11) is 0. The minimum absolute atomic E-state index is 0.0799. The number of rotatable bonds is 1. The number of nitrogens with two attached hydrogens (primary N) is 1. The number of piperazine rings is 1. The molecule has 0 aliphatic carbocycles. The molecule has 3 rings (SSSR count). The molecule has 0 spiro atoms. The maximum absolute atomic E-state index is 12.8. The van der Waals surface area contributed by atoms with E-state index in [1.165, 1.54) is 0 Å². The van der Waals surface area contributed by atoms with Gasteiger partial charge in [-0.05, 0) is 31.5 Å². The molecular weight excluding hydrogens is 269 g/mol. The van der Waals surface area contributed by atoms with Crippen molar-refractivity contribution in [1.29, 1.82) is 0 Å². The van der Waals surface area contributed by atoms with E-state index in [1.54, 1.807) is 0 Å². The standard InChI is InChI=1S/C13H17F3N4/c14-13(15,16)9-6-11(17)18-12(7-9)20-5-4-19-3-1-2-10(19)8-20/h6-7,10H,1-5,8H2,(H2,17,18). The topological polar surface area (TPSA) is 45.4 Å². The smallest absolute Gasteiger partial charge is 0.384 e. The minimum Gasteiger partial charge on any atom is -0.384 e. The van der Waals surface area contributed by atoms with Crippen LogP contribution in [-0.2, 0) is 6.18 Å². The van der Waals surface area contributed by atoms with Crippen LogP contribution in [-0.4, -0.2) is 42.1 Å². The first kappa shape index (κ1) is 13.5. The summed E-state index contributed by atoms with van der Waals surface area (Å²) in [5.41, 5.74) is 4.79. The van der Waals surface area contributed by atoms with Gasteiger partial charge in [0.1, 0.15) is 11.6 Å². The fraction of sp³-hybridized carbons (Fsp3) is 0.615. The van der Waals surface area contributed by atoms with Crippen LogP contribution in [0.15, 0.2) is 12.1 Å². The highest BCUT2D eigenvalue weighted by Gasteiger charge is 2.34. The predicted molar refractivity (Wildman–Crippen MR) is 70.5 cm³/mol. The summed E-state index contributed by atoms with van der Waals surface area (Å²) in [5, 5.41) is 0. The van der Waals surface area contributed by atoms with Gasteiger partial charge in [-0.25, -0.2) is 4.98 Å². The molecule has 110 valence electrons. The zero-order valence-electron chi connectivity index (χ0n) is 11.0. The number of fused-ring (bicyclic) bond motifs is 1. The van der Waals surface area contributed by atoms with Gasteiger partial charge in [0.2, 0.25) is 0 Å². The summed E-state index contributed by atoms with van der Waals surface area (Å²) in [6, 6.07) is 2.41. The van der Waals surface area contributed by atoms with Gasteiger partial charge < -0.3 is 10.6 Å². The van der Waals surface area contributed by atoms with Crippen molar-refractivity contribution in [2.75, 3.05) is 36.8 Å². The maximum atomic E-state index is 12.8. The van der Waals surface area contributed by atoms with E-state index >= 15 is 0 Å². The van der Waals surface area contributed by atoms with Crippen LogP contribution in [0, 0.1) is 0 Å². The Balaban J connectivity index is 1.85. The molecule has 2 N–H and O–H groups in total. The third-order valence-electron chi connectivity index (χ3n) is 4.07. The number of anilines is 2. The molecule has 2 aliphatic heterocycles. The predicted octanol–water partition coefficient (Wildman–Crippen LogP) is 1.97. The van der Waals surface area contributed by atoms with Crippen molar-refractivity contribution < 1.29 is 13.2 Å². The van der Waals surface area contributed by atoms with Gasteiger partial charge in [0.15, 0.2) is 0 Å². The van der Waals surface area contributed by atoms with Crippen LogP contribution < -0.4 is 10.6 Å². The van der Waals surface area contributed by atoms with Crippen molar-refractivity contribution in [3.8, 4) is 0 Å². The highest BCUT2D eigenvalue weighted by molar-refractivity contribution is 5.50. The van der Waals surface area contributed by atoms with Gasteiger partial charge in [-0.3, -0.25) is 4.90 Å². The molecule has 1 aromatic heterocycles. The van der Waals surface area contributed by atoms with Crippen LogP contribution in [0.1, 0.15) is 18.4 Å². The Morgan fingerprint density at radius 3 is 2.75 bits per heavy atom. The van der Waals surface area contributed by atoms with Crippen molar-refractivity contribution in [2.24, 2.45) is 0 Å². The summed E-state index contributed by atoms with van der Waals surface area (Å²) >= 11 is 0. The van der Waals surface area contributed by atoms with E-state index in [4.69, 9.17) is 5.73 Å². The van der Waals surface area contributed by atoms with Gasteiger partial charge in [-0.15, -0.1) is 0 Å². The molecule has 2 fully saturated rings. The van der Waals surface area contributed by atoms with Crippen molar-refractivity contribution >= 4 is 11.6 Å². The molecule has 1 unspecified atom stereocenters. The maximum Gasteiger partial charge on any atom is 0.416 e. The van der Waals surface area contributed by atoms with Crippen LogP contribution in [0.4, 0.5) is 24.8 Å². The first-order valence-corrected chi connectivity index (χ1v) is 6.77. The average molecular weight is 286 g/mol. The first-order chi connectivity index (χ1) is 9.43. The first-order valence-electron chi connectivity index (χ1n) is 6.77. The lowest BCUT2D eigenvalue weighted by Gasteiger charge is -2.38. The lowest BCUT2D eigenvalue weighted by Crippen LogP contribution is -2.50. The Hall–Kier alpha value is -1.50. The molecule has 3 heterocycles. The van der Waals surface area contributed by atoms with Gasteiger partial charge in [-0.1, -0.05) is 0 Å². The summed E-state index contributed by atoms with van der Waals surface area (Å²) in [6.07, 6.45) is -2.12. The largest absolute Gasteiger partial charge is 0.416 e. The normalized spacial score (nSPS) is 23.9. The Morgan fingerprint density at radius 1 is 1.20 bits per heavy atom. The van der Waals surface area contributed by atoms with E-state index in [9.17, 15) is 13.2 Å². The molecule has 0 bridgehead atoms. The number of nitrogens with zero attached hydrogens (tertiary/aromatic N) is 3. The molecule has 20 heavy (non-hydrogen) atoms. The average Bonchev–Trinajstić information content (AvgIpc) is 2.84. The van der Waals surface area contributed by atoms with Gasteiger partial charge in [-0.2, -0.15) is 13.2 Å². The summed E-state index contributed by atoms with van der Waals surface area (Å²) in [5.74, 6) is 0.257. The molecule has 4 nitrogen and oxygen atoms in total. The lowest BCUT2D eigenvalue weighted by atomic mass is 10.1. The molecule has 2 aliphatic rings. The Kier molecular flexibility index (Phi) is 3.24. The Bertz CT molecular complexity index is 503. The highest BCUT2D eigenvalue weighted by Crippen LogP contribution is 2.33. The second-order valence-corrected chi connectivity index (χ2v) is 5.41. The Labute approximate surface area is 115 Å². The van der Waals surface area contributed by atoms with Crippen LogP contribution in [0.25, 0.3) is 0 Å². The van der Waals surface area contributed by atoms with E-state index in [1.807, 2.05) is 4.90 Å². The van der Waals surface area contributed by atoms with Crippen molar-refractivity contribution in [1.82, 2.24) is 9.88 Å². The molecule has 7 heteroatoms. The number of halogens is 3. The van der Waals surface area contributed by atoms with E-state index in [2.05, 4.69) is 9.88 Å². The number of pyridine rings is 1. The molecule has 2 saturated heterocycles. The third kappa shape index (κ3) is 2.54.